The zero-order valence-corrected chi connectivity index (χ0v) is 8.10. The third kappa shape index (κ3) is 3.28. The van der Waals surface area contributed by atoms with Crippen molar-refractivity contribution in [3.05, 3.63) is 41.1 Å². The summed E-state index contributed by atoms with van der Waals surface area (Å²) in [5.74, 6) is 0. The van der Waals surface area contributed by atoms with E-state index in [4.69, 9.17) is 0 Å². The standard InChI is InChI=1S/C11H15NO/c1-10(2)12(13)9-8-11-6-4-3-5-7-11/h3-7,9-10H,8H2,1-2H3. The number of rotatable bonds is 3. The minimum absolute atomic E-state index is 0.0312. The Labute approximate surface area is 79.1 Å². The van der Waals surface area contributed by atoms with E-state index in [1.54, 1.807) is 6.21 Å². The van der Waals surface area contributed by atoms with E-state index in [1.165, 1.54) is 5.56 Å². The fourth-order valence-electron chi connectivity index (χ4n) is 1.02. The SMILES string of the molecule is CC(C)[N+]([O-])=CCc1ccccc1. The molecule has 0 aliphatic carbocycles. The summed E-state index contributed by atoms with van der Waals surface area (Å²) in [5, 5.41) is 11.2. The van der Waals surface area contributed by atoms with Crippen molar-refractivity contribution in [2.75, 3.05) is 0 Å². The van der Waals surface area contributed by atoms with Crippen molar-refractivity contribution in [2.24, 2.45) is 0 Å². The van der Waals surface area contributed by atoms with Crippen LogP contribution < -0.4 is 0 Å². The van der Waals surface area contributed by atoms with E-state index in [0.717, 1.165) is 4.74 Å². The predicted octanol–water partition coefficient (Wildman–Crippen LogP) is 2.22. The Morgan fingerprint density at radius 2 is 1.92 bits per heavy atom. The molecule has 0 atom stereocenters. The zero-order chi connectivity index (χ0) is 9.68. The van der Waals surface area contributed by atoms with Crippen molar-refractivity contribution in [1.29, 1.82) is 0 Å². The summed E-state index contributed by atoms with van der Waals surface area (Å²) in [6, 6.07) is 10.0. The van der Waals surface area contributed by atoms with Crippen LogP contribution in [0.5, 0.6) is 0 Å². The van der Waals surface area contributed by atoms with Crippen LogP contribution in [0.15, 0.2) is 30.3 Å². The van der Waals surface area contributed by atoms with E-state index >= 15 is 0 Å². The molecule has 0 saturated carbocycles. The molecule has 2 nitrogen and oxygen atoms in total. The number of hydrogen-bond acceptors (Lipinski definition) is 1. The number of hydrogen-bond donors (Lipinski definition) is 0. The molecular formula is C11H15NO. The van der Waals surface area contributed by atoms with Crippen molar-refractivity contribution >= 4 is 6.21 Å². The molecule has 0 aromatic heterocycles. The highest BCUT2D eigenvalue weighted by molar-refractivity contribution is 5.56. The lowest BCUT2D eigenvalue weighted by atomic mass is 10.2. The lowest BCUT2D eigenvalue weighted by Crippen LogP contribution is -2.15. The molecule has 13 heavy (non-hydrogen) atoms. The molecule has 1 rings (SSSR count). The van der Waals surface area contributed by atoms with Gasteiger partial charge in [0.05, 0.1) is 6.42 Å². The molecule has 0 aliphatic rings. The van der Waals surface area contributed by atoms with E-state index in [0.29, 0.717) is 6.42 Å². The van der Waals surface area contributed by atoms with E-state index in [9.17, 15) is 5.21 Å². The van der Waals surface area contributed by atoms with Gasteiger partial charge in [-0.2, -0.15) is 0 Å². The monoisotopic (exact) mass is 177 g/mol. The second-order valence-electron chi connectivity index (χ2n) is 3.33. The molecule has 0 fully saturated rings. The summed E-state index contributed by atoms with van der Waals surface area (Å²) < 4.78 is 0.993. The van der Waals surface area contributed by atoms with Crippen molar-refractivity contribution in [3.63, 3.8) is 0 Å². The first kappa shape index (κ1) is 9.78. The van der Waals surface area contributed by atoms with Crippen LogP contribution in [0.4, 0.5) is 0 Å². The summed E-state index contributed by atoms with van der Waals surface area (Å²) in [6.45, 7) is 3.77. The van der Waals surface area contributed by atoms with E-state index in [2.05, 4.69) is 0 Å². The van der Waals surface area contributed by atoms with Gasteiger partial charge in [0.2, 0.25) is 0 Å². The van der Waals surface area contributed by atoms with Crippen LogP contribution in [0.3, 0.4) is 0 Å². The van der Waals surface area contributed by atoms with Crippen LogP contribution in [0.1, 0.15) is 19.4 Å². The van der Waals surface area contributed by atoms with E-state index < -0.39 is 0 Å². The number of hydroxylamine groups is 1. The molecule has 0 bridgehead atoms. The highest BCUT2D eigenvalue weighted by atomic mass is 16.5. The fourth-order valence-corrected chi connectivity index (χ4v) is 1.02. The molecule has 0 radical (unpaired) electrons. The Bertz CT molecular complexity index is 277. The zero-order valence-electron chi connectivity index (χ0n) is 8.10. The maximum atomic E-state index is 11.2. The van der Waals surface area contributed by atoms with Crippen molar-refractivity contribution < 1.29 is 4.74 Å². The maximum Gasteiger partial charge on any atom is 0.157 e. The molecule has 70 valence electrons. The fraction of sp³-hybridized carbons (Fsp3) is 0.364. The Hall–Kier alpha value is -1.31. The predicted molar refractivity (Wildman–Crippen MR) is 55.0 cm³/mol. The van der Waals surface area contributed by atoms with Gasteiger partial charge in [-0.15, -0.1) is 0 Å². The molecule has 0 saturated heterocycles. The summed E-state index contributed by atoms with van der Waals surface area (Å²) in [4.78, 5) is 0. The molecule has 0 aliphatic heterocycles. The Balaban J connectivity index is 2.57. The van der Waals surface area contributed by atoms with Gasteiger partial charge in [0.15, 0.2) is 12.3 Å². The van der Waals surface area contributed by atoms with Gasteiger partial charge >= 0.3 is 0 Å². The van der Waals surface area contributed by atoms with Crippen LogP contribution in [-0.4, -0.2) is 17.0 Å². The number of nitrogens with zero attached hydrogens (tertiary/aromatic N) is 1. The van der Waals surface area contributed by atoms with Gasteiger partial charge in [-0.25, -0.2) is 4.74 Å². The minimum Gasteiger partial charge on any atom is -0.624 e. The highest BCUT2D eigenvalue weighted by Crippen LogP contribution is 1.97. The molecule has 0 N–H and O–H groups in total. The first-order valence-corrected chi connectivity index (χ1v) is 4.53. The lowest BCUT2D eigenvalue weighted by molar-refractivity contribution is -0.488. The molecule has 0 heterocycles. The second kappa shape index (κ2) is 4.65. The van der Waals surface area contributed by atoms with Gasteiger partial charge in [-0.05, 0) is 19.4 Å². The largest absolute Gasteiger partial charge is 0.624 e. The summed E-state index contributed by atoms with van der Waals surface area (Å²) >= 11 is 0. The van der Waals surface area contributed by atoms with Gasteiger partial charge in [-0.3, -0.25) is 0 Å². The van der Waals surface area contributed by atoms with Crippen molar-refractivity contribution in [1.82, 2.24) is 0 Å². The normalized spacial score (nSPS) is 12.1. The topological polar surface area (TPSA) is 26.1 Å². The maximum absolute atomic E-state index is 11.2. The van der Waals surface area contributed by atoms with Crippen LogP contribution in [0.2, 0.25) is 0 Å². The molecule has 0 amide bonds. The average Bonchev–Trinajstić information content (AvgIpc) is 2.15. The highest BCUT2D eigenvalue weighted by Gasteiger charge is 1.98. The minimum atomic E-state index is 0.0312. The van der Waals surface area contributed by atoms with Crippen molar-refractivity contribution in [3.8, 4) is 0 Å². The molecular weight excluding hydrogens is 162 g/mol. The Morgan fingerprint density at radius 1 is 1.31 bits per heavy atom. The summed E-state index contributed by atoms with van der Waals surface area (Å²) in [7, 11) is 0. The first-order chi connectivity index (χ1) is 6.20. The Kier molecular flexibility index (Phi) is 3.50. The van der Waals surface area contributed by atoms with Gasteiger partial charge < -0.3 is 5.21 Å². The van der Waals surface area contributed by atoms with Crippen LogP contribution >= 0.6 is 0 Å². The number of benzene rings is 1. The van der Waals surface area contributed by atoms with Gasteiger partial charge in [0.25, 0.3) is 0 Å². The average molecular weight is 177 g/mol. The quantitative estimate of drug-likeness (QED) is 0.301. The molecule has 2 heteroatoms. The Morgan fingerprint density at radius 3 is 2.46 bits per heavy atom. The smallest absolute Gasteiger partial charge is 0.157 e. The molecule has 1 aromatic carbocycles. The molecule has 1 aromatic rings. The van der Waals surface area contributed by atoms with E-state index in [-0.39, 0.29) is 6.04 Å². The lowest BCUT2D eigenvalue weighted by Gasteiger charge is -2.06. The summed E-state index contributed by atoms with van der Waals surface area (Å²) in [5.41, 5.74) is 1.17. The van der Waals surface area contributed by atoms with Gasteiger partial charge in [-0.1, -0.05) is 30.3 Å². The first-order valence-electron chi connectivity index (χ1n) is 4.53. The summed E-state index contributed by atoms with van der Waals surface area (Å²) in [6.07, 6.45) is 2.39. The molecule has 0 unspecified atom stereocenters. The van der Waals surface area contributed by atoms with Gasteiger partial charge in [0.1, 0.15) is 0 Å². The van der Waals surface area contributed by atoms with Crippen LogP contribution in [0, 0.1) is 5.21 Å². The third-order valence-corrected chi connectivity index (χ3v) is 1.86. The van der Waals surface area contributed by atoms with E-state index in [1.807, 2.05) is 44.2 Å². The van der Waals surface area contributed by atoms with Crippen molar-refractivity contribution in [2.45, 2.75) is 26.3 Å². The molecule has 0 spiro atoms. The third-order valence-electron chi connectivity index (χ3n) is 1.86. The van der Waals surface area contributed by atoms with Crippen LogP contribution in [-0.2, 0) is 6.42 Å². The van der Waals surface area contributed by atoms with Crippen LogP contribution in [0.25, 0.3) is 0 Å². The second-order valence-corrected chi connectivity index (χ2v) is 3.33. The van der Waals surface area contributed by atoms with Gasteiger partial charge in [0, 0.05) is 0 Å².